The van der Waals surface area contributed by atoms with Crippen LogP contribution in [0.3, 0.4) is 0 Å². The molecule has 1 N–H and O–H groups in total. The highest BCUT2D eigenvalue weighted by molar-refractivity contribution is 7.88. The molecule has 0 bridgehead atoms. The summed E-state index contributed by atoms with van der Waals surface area (Å²) in [5.74, 6) is 0. The molecule has 156 valence electrons. The van der Waals surface area contributed by atoms with Crippen molar-refractivity contribution in [3.05, 3.63) is 64.7 Å². The number of halogens is 1. The number of nitrogens with zero attached hydrogens (tertiary/aromatic N) is 2. The summed E-state index contributed by atoms with van der Waals surface area (Å²) in [6, 6.07) is 14.6. The van der Waals surface area contributed by atoms with Crippen LogP contribution in [-0.4, -0.2) is 56.2 Å². The second-order valence-corrected chi connectivity index (χ2v) is 9.38. The van der Waals surface area contributed by atoms with E-state index < -0.39 is 16.1 Å². The number of amides is 1. The van der Waals surface area contributed by atoms with Crippen LogP contribution in [-0.2, 0) is 27.9 Å². The summed E-state index contributed by atoms with van der Waals surface area (Å²) < 4.78 is 29.9. The summed E-state index contributed by atoms with van der Waals surface area (Å²) in [4.78, 5) is 14.2. The molecule has 0 atom stereocenters. The number of carbonyl (C=O) groups excluding carboxylic acids is 1. The van der Waals surface area contributed by atoms with Crippen LogP contribution in [0.5, 0.6) is 0 Å². The molecule has 3 rings (SSSR count). The highest BCUT2D eigenvalue weighted by Crippen LogP contribution is 2.15. The van der Waals surface area contributed by atoms with Gasteiger partial charge in [0, 0.05) is 43.4 Å². The quantitative estimate of drug-likeness (QED) is 0.750. The smallest absolute Gasteiger partial charge is 0.411 e. The van der Waals surface area contributed by atoms with E-state index in [9.17, 15) is 13.2 Å². The van der Waals surface area contributed by atoms with Crippen LogP contribution < -0.4 is 5.32 Å². The van der Waals surface area contributed by atoms with Gasteiger partial charge in [0.2, 0.25) is 10.0 Å². The minimum Gasteiger partial charge on any atom is -0.444 e. The Hall–Kier alpha value is -2.13. The third-order valence-corrected chi connectivity index (χ3v) is 6.25. The number of hydrogen-bond donors (Lipinski definition) is 1. The number of anilines is 1. The Morgan fingerprint density at radius 1 is 1.00 bits per heavy atom. The Kier molecular flexibility index (Phi) is 7.13. The van der Waals surface area contributed by atoms with Gasteiger partial charge in [0.15, 0.2) is 0 Å². The van der Waals surface area contributed by atoms with Gasteiger partial charge in [-0.3, -0.25) is 10.2 Å². The van der Waals surface area contributed by atoms with E-state index in [2.05, 4.69) is 10.2 Å². The van der Waals surface area contributed by atoms with E-state index in [0.29, 0.717) is 36.9 Å². The molecule has 1 fully saturated rings. The van der Waals surface area contributed by atoms with E-state index in [0.717, 1.165) is 17.7 Å². The third-order valence-electron chi connectivity index (χ3n) is 4.69. The fourth-order valence-electron chi connectivity index (χ4n) is 3.05. The van der Waals surface area contributed by atoms with Crippen molar-refractivity contribution in [3.8, 4) is 0 Å². The summed E-state index contributed by atoms with van der Waals surface area (Å²) >= 11 is 5.83. The number of carbonyl (C=O) groups is 1. The Bertz CT molecular complexity index is 925. The first-order chi connectivity index (χ1) is 13.8. The summed E-state index contributed by atoms with van der Waals surface area (Å²) in [6.07, 6.45) is 0.721. The zero-order valence-corrected chi connectivity index (χ0v) is 17.7. The number of piperazine rings is 1. The Balaban J connectivity index is 1.44. The molecule has 1 amide bonds. The van der Waals surface area contributed by atoms with E-state index in [-0.39, 0.29) is 6.61 Å². The van der Waals surface area contributed by atoms with Crippen LogP contribution in [0.2, 0.25) is 5.02 Å². The molecule has 0 spiro atoms. The van der Waals surface area contributed by atoms with Gasteiger partial charge in [-0.25, -0.2) is 13.2 Å². The SMILES string of the molecule is CS(=O)(=O)N1CCN(Cc2ccc(NC(=O)OCc3ccc(Cl)cc3)cc2)CC1. The average Bonchev–Trinajstić information content (AvgIpc) is 2.69. The first-order valence-corrected chi connectivity index (χ1v) is 11.5. The number of nitrogens with one attached hydrogen (secondary N) is 1. The second kappa shape index (κ2) is 9.58. The van der Waals surface area contributed by atoms with Gasteiger partial charge in [-0.1, -0.05) is 35.9 Å². The third kappa shape index (κ3) is 6.71. The van der Waals surface area contributed by atoms with Gasteiger partial charge in [0.05, 0.1) is 6.26 Å². The van der Waals surface area contributed by atoms with Crippen LogP contribution in [0.4, 0.5) is 10.5 Å². The van der Waals surface area contributed by atoms with E-state index in [1.807, 2.05) is 24.3 Å². The minimum absolute atomic E-state index is 0.167. The van der Waals surface area contributed by atoms with Crippen molar-refractivity contribution in [1.29, 1.82) is 0 Å². The first kappa shape index (κ1) is 21.6. The van der Waals surface area contributed by atoms with Gasteiger partial charge in [0.25, 0.3) is 0 Å². The van der Waals surface area contributed by atoms with Gasteiger partial charge in [-0.05, 0) is 35.4 Å². The molecular formula is C20H24ClN3O4S. The normalized spacial score (nSPS) is 15.8. The number of hydrogen-bond acceptors (Lipinski definition) is 5. The zero-order valence-electron chi connectivity index (χ0n) is 16.2. The number of benzene rings is 2. The van der Waals surface area contributed by atoms with Crippen molar-refractivity contribution in [2.75, 3.05) is 37.8 Å². The molecule has 9 heteroatoms. The van der Waals surface area contributed by atoms with E-state index in [1.165, 1.54) is 10.6 Å². The molecule has 0 aliphatic carbocycles. The van der Waals surface area contributed by atoms with Crippen molar-refractivity contribution in [2.45, 2.75) is 13.2 Å². The molecule has 1 saturated heterocycles. The van der Waals surface area contributed by atoms with Crippen LogP contribution in [0, 0.1) is 0 Å². The highest BCUT2D eigenvalue weighted by Gasteiger charge is 2.23. The molecule has 0 aromatic heterocycles. The maximum absolute atomic E-state index is 11.9. The second-order valence-electron chi connectivity index (χ2n) is 6.96. The molecule has 29 heavy (non-hydrogen) atoms. The molecule has 1 heterocycles. The Labute approximate surface area is 176 Å². The molecule has 1 aliphatic heterocycles. The molecule has 2 aromatic rings. The molecule has 0 saturated carbocycles. The van der Waals surface area contributed by atoms with E-state index in [1.54, 1.807) is 24.3 Å². The fourth-order valence-corrected chi connectivity index (χ4v) is 4.01. The summed E-state index contributed by atoms with van der Waals surface area (Å²) in [7, 11) is -3.12. The van der Waals surface area contributed by atoms with Crippen molar-refractivity contribution in [3.63, 3.8) is 0 Å². The standard InChI is InChI=1S/C20H24ClN3O4S/c1-29(26,27)24-12-10-23(11-13-24)14-16-4-8-19(9-5-16)22-20(25)28-15-17-2-6-18(21)7-3-17/h2-9H,10-15H2,1H3,(H,22,25). The van der Waals surface area contributed by atoms with Crippen LogP contribution >= 0.6 is 11.6 Å². The Morgan fingerprint density at radius 3 is 2.17 bits per heavy atom. The van der Waals surface area contributed by atoms with Crippen LogP contribution in [0.15, 0.2) is 48.5 Å². The maximum Gasteiger partial charge on any atom is 0.411 e. The van der Waals surface area contributed by atoms with Gasteiger partial charge in [-0.2, -0.15) is 4.31 Å². The summed E-state index contributed by atoms with van der Waals surface area (Å²) in [6.45, 7) is 3.32. The number of ether oxygens (including phenoxy) is 1. The van der Waals surface area contributed by atoms with Gasteiger partial charge in [0.1, 0.15) is 6.61 Å². The topological polar surface area (TPSA) is 79.0 Å². The van der Waals surface area contributed by atoms with E-state index in [4.69, 9.17) is 16.3 Å². The fraction of sp³-hybridized carbons (Fsp3) is 0.350. The van der Waals surface area contributed by atoms with Crippen molar-refractivity contribution >= 4 is 33.4 Å². The van der Waals surface area contributed by atoms with Gasteiger partial charge in [-0.15, -0.1) is 0 Å². The lowest BCUT2D eigenvalue weighted by Gasteiger charge is -2.33. The predicted molar refractivity (Wildman–Crippen MR) is 113 cm³/mol. The molecule has 7 nitrogen and oxygen atoms in total. The summed E-state index contributed by atoms with van der Waals surface area (Å²) in [5.41, 5.74) is 2.60. The minimum atomic E-state index is -3.12. The largest absolute Gasteiger partial charge is 0.444 e. The lowest BCUT2D eigenvalue weighted by atomic mass is 10.2. The van der Waals surface area contributed by atoms with Crippen LogP contribution in [0.1, 0.15) is 11.1 Å². The average molecular weight is 438 g/mol. The maximum atomic E-state index is 11.9. The predicted octanol–water partition coefficient (Wildman–Crippen LogP) is 3.17. The lowest BCUT2D eigenvalue weighted by Crippen LogP contribution is -2.47. The van der Waals surface area contributed by atoms with E-state index >= 15 is 0 Å². The molecule has 1 aliphatic rings. The van der Waals surface area contributed by atoms with Gasteiger partial charge < -0.3 is 4.74 Å². The first-order valence-electron chi connectivity index (χ1n) is 9.24. The van der Waals surface area contributed by atoms with Gasteiger partial charge >= 0.3 is 6.09 Å². The Morgan fingerprint density at radius 2 is 1.59 bits per heavy atom. The lowest BCUT2D eigenvalue weighted by molar-refractivity contribution is 0.155. The zero-order chi connectivity index (χ0) is 20.9. The van der Waals surface area contributed by atoms with Crippen molar-refractivity contribution in [1.82, 2.24) is 9.21 Å². The monoisotopic (exact) mass is 437 g/mol. The van der Waals surface area contributed by atoms with Crippen molar-refractivity contribution in [2.24, 2.45) is 0 Å². The number of sulfonamides is 1. The van der Waals surface area contributed by atoms with Crippen molar-refractivity contribution < 1.29 is 17.9 Å². The molecular weight excluding hydrogens is 414 g/mol. The number of rotatable bonds is 6. The van der Waals surface area contributed by atoms with Crippen LogP contribution in [0.25, 0.3) is 0 Å². The molecule has 0 radical (unpaired) electrons. The molecule has 2 aromatic carbocycles. The summed E-state index contributed by atoms with van der Waals surface area (Å²) in [5, 5.41) is 3.34. The highest BCUT2D eigenvalue weighted by atomic mass is 35.5. The molecule has 0 unspecified atom stereocenters.